The molecule has 0 aliphatic carbocycles. The summed E-state index contributed by atoms with van der Waals surface area (Å²) in [6, 6.07) is 6.67. The van der Waals surface area contributed by atoms with Crippen LogP contribution in [0.15, 0.2) is 18.2 Å². The van der Waals surface area contributed by atoms with Gasteiger partial charge in [0, 0.05) is 44.2 Å². The van der Waals surface area contributed by atoms with E-state index < -0.39 is 0 Å². The zero-order chi connectivity index (χ0) is 19.6. The second-order valence-corrected chi connectivity index (χ2v) is 9.91. The predicted molar refractivity (Wildman–Crippen MR) is 113 cm³/mol. The van der Waals surface area contributed by atoms with Gasteiger partial charge in [-0.15, -0.1) is 0 Å². The molecule has 2 fully saturated rings. The Balaban J connectivity index is 1.31. The molecule has 3 aliphatic rings. The molecule has 28 heavy (non-hydrogen) atoms. The first-order valence-corrected chi connectivity index (χ1v) is 11.7. The summed E-state index contributed by atoms with van der Waals surface area (Å²) in [5.74, 6) is 4.12. The zero-order valence-corrected chi connectivity index (χ0v) is 17.9. The largest absolute Gasteiger partial charge is 0.483 e. The van der Waals surface area contributed by atoms with Gasteiger partial charge in [0.2, 0.25) is 0 Å². The number of para-hydroxylation sites is 1. The molecule has 0 bridgehead atoms. The molecule has 5 nitrogen and oxygen atoms in total. The van der Waals surface area contributed by atoms with Crippen molar-refractivity contribution in [2.24, 2.45) is 0 Å². The highest BCUT2D eigenvalue weighted by atomic mass is 32.2. The standard InChI is InChI=1S/C22H32N2O3S/c1-22(2)15-17-5-3-6-19(21(17)27-22)26-16-20(25)24-10-4-9-23(11-12-24)18-7-13-28-14-8-18/h3,5-6,18H,4,7-16H2,1-2H3. The van der Waals surface area contributed by atoms with Crippen molar-refractivity contribution in [2.75, 3.05) is 44.3 Å². The van der Waals surface area contributed by atoms with Crippen LogP contribution < -0.4 is 9.47 Å². The number of amides is 1. The SMILES string of the molecule is CC1(C)Cc2cccc(OCC(=O)N3CCCN(C4CCSCC4)CC3)c2O1. The van der Waals surface area contributed by atoms with Crippen LogP contribution in [-0.2, 0) is 11.2 Å². The van der Waals surface area contributed by atoms with Crippen molar-refractivity contribution in [3.05, 3.63) is 23.8 Å². The Bertz CT molecular complexity index is 703. The number of thioether (sulfide) groups is 1. The molecule has 0 spiro atoms. The summed E-state index contributed by atoms with van der Waals surface area (Å²) < 4.78 is 12.0. The number of ether oxygens (including phenoxy) is 2. The van der Waals surface area contributed by atoms with Crippen molar-refractivity contribution in [3.8, 4) is 11.5 Å². The average molecular weight is 405 g/mol. The number of hydrogen-bond acceptors (Lipinski definition) is 5. The molecular formula is C22H32N2O3S. The van der Waals surface area contributed by atoms with Crippen molar-refractivity contribution in [3.63, 3.8) is 0 Å². The molecular weight excluding hydrogens is 372 g/mol. The van der Waals surface area contributed by atoms with Gasteiger partial charge in [-0.3, -0.25) is 9.69 Å². The van der Waals surface area contributed by atoms with Crippen molar-refractivity contribution in [2.45, 2.75) is 51.2 Å². The van der Waals surface area contributed by atoms with Gasteiger partial charge < -0.3 is 14.4 Å². The summed E-state index contributed by atoms with van der Waals surface area (Å²) >= 11 is 2.07. The van der Waals surface area contributed by atoms with Gasteiger partial charge >= 0.3 is 0 Å². The number of hydrogen-bond donors (Lipinski definition) is 0. The molecule has 0 aromatic heterocycles. The molecule has 154 valence electrons. The molecule has 0 atom stereocenters. The summed E-state index contributed by atoms with van der Waals surface area (Å²) in [7, 11) is 0. The van der Waals surface area contributed by atoms with Crippen LogP contribution in [-0.4, -0.2) is 71.6 Å². The second-order valence-electron chi connectivity index (χ2n) is 8.69. The molecule has 2 saturated heterocycles. The van der Waals surface area contributed by atoms with E-state index in [2.05, 4.69) is 36.6 Å². The van der Waals surface area contributed by atoms with Crippen molar-refractivity contribution < 1.29 is 14.3 Å². The normalized spacial score (nSPS) is 23.0. The van der Waals surface area contributed by atoms with Crippen molar-refractivity contribution in [1.82, 2.24) is 9.80 Å². The molecule has 6 heteroatoms. The summed E-state index contributed by atoms with van der Waals surface area (Å²) in [6.07, 6.45) is 4.50. The second kappa shape index (κ2) is 8.54. The van der Waals surface area contributed by atoms with Gasteiger partial charge in [0.1, 0.15) is 5.60 Å². The van der Waals surface area contributed by atoms with Gasteiger partial charge in [-0.05, 0) is 50.7 Å². The molecule has 4 rings (SSSR count). The number of carbonyl (C=O) groups excluding carboxylic acids is 1. The van der Waals surface area contributed by atoms with Crippen LogP contribution in [0.25, 0.3) is 0 Å². The van der Waals surface area contributed by atoms with E-state index in [1.807, 2.05) is 17.0 Å². The Hall–Kier alpha value is -1.40. The van der Waals surface area contributed by atoms with Crippen LogP contribution >= 0.6 is 11.8 Å². The van der Waals surface area contributed by atoms with E-state index in [9.17, 15) is 4.79 Å². The van der Waals surface area contributed by atoms with E-state index >= 15 is 0 Å². The molecule has 3 heterocycles. The quantitative estimate of drug-likeness (QED) is 0.771. The Morgan fingerprint density at radius 2 is 2.04 bits per heavy atom. The molecule has 1 aromatic rings. The highest BCUT2D eigenvalue weighted by Gasteiger charge is 2.32. The fourth-order valence-corrected chi connectivity index (χ4v) is 5.62. The molecule has 0 radical (unpaired) electrons. The average Bonchev–Trinajstić information content (AvgIpc) is 2.86. The maximum atomic E-state index is 12.8. The van der Waals surface area contributed by atoms with Crippen LogP contribution in [0.1, 0.15) is 38.7 Å². The molecule has 3 aliphatic heterocycles. The number of carbonyl (C=O) groups is 1. The summed E-state index contributed by atoms with van der Waals surface area (Å²) in [6.45, 7) is 7.97. The minimum atomic E-state index is -0.211. The third-order valence-electron chi connectivity index (χ3n) is 6.00. The zero-order valence-electron chi connectivity index (χ0n) is 17.1. The first-order chi connectivity index (χ1) is 13.5. The van der Waals surface area contributed by atoms with E-state index in [0.717, 1.165) is 50.3 Å². The number of nitrogens with zero attached hydrogens (tertiary/aromatic N) is 2. The number of rotatable bonds is 4. The minimum Gasteiger partial charge on any atom is -0.483 e. The molecule has 1 aromatic carbocycles. The summed E-state index contributed by atoms with van der Waals surface area (Å²) in [4.78, 5) is 17.4. The Morgan fingerprint density at radius 3 is 2.86 bits per heavy atom. The molecule has 0 saturated carbocycles. The summed E-state index contributed by atoms with van der Waals surface area (Å²) in [5.41, 5.74) is 0.948. The fraction of sp³-hybridized carbons (Fsp3) is 0.682. The lowest BCUT2D eigenvalue weighted by atomic mass is 10.0. The van der Waals surface area contributed by atoms with Gasteiger partial charge in [-0.25, -0.2) is 0 Å². The first-order valence-electron chi connectivity index (χ1n) is 10.6. The van der Waals surface area contributed by atoms with Gasteiger partial charge in [-0.2, -0.15) is 11.8 Å². The number of fused-ring (bicyclic) bond motifs is 1. The molecule has 0 unspecified atom stereocenters. The van der Waals surface area contributed by atoms with E-state index in [0.29, 0.717) is 11.8 Å². The van der Waals surface area contributed by atoms with E-state index in [4.69, 9.17) is 9.47 Å². The van der Waals surface area contributed by atoms with Crippen molar-refractivity contribution in [1.29, 1.82) is 0 Å². The Labute approximate surface area is 172 Å². The van der Waals surface area contributed by atoms with E-state index in [1.54, 1.807) is 0 Å². The highest BCUT2D eigenvalue weighted by Crippen LogP contribution is 2.41. The third-order valence-corrected chi connectivity index (χ3v) is 7.05. The lowest BCUT2D eigenvalue weighted by Crippen LogP contribution is -2.42. The number of benzene rings is 1. The van der Waals surface area contributed by atoms with Gasteiger partial charge in [0.25, 0.3) is 5.91 Å². The lowest BCUT2D eigenvalue weighted by molar-refractivity contribution is -0.133. The van der Waals surface area contributed by atoms with Crippen LogP contribution in [0.3, 0.4) is 0 Å². The Kier molecular flexibility index (Phi) is 6.07. The maximum Gasteiger partial charge on any atom is 0.260 e. The van der Waals surface area contributed by atoms with E-state index in [1.165, 1.54) is 24.3 Å². The van der Waals surface area contributed by atoms with E-state index in [-0.39, 0.29) is 18.1 Å². The third kappa shape index (κ3) is 4.60. The van der Waals surface area contributed by atoms with Gasteiger partial charge in [0.15, 0.2) is 18.1 Å². The smallest absolute Gasteiger partial charge is 0.260 e. The summed E-state index contributed by atoms with van der Waals surface area (Å²) in [5, 5.41) is 0. The van der Waals surface area contributed by atoms with Crippen LogP contribution in [0.5, 0.6) is 11.5 Å². The molecule has 1 amide bonds. The Morgan fingerprint density at radius 1 is 1.21 bits per heavy atom. The minimum absolute atomic E-state index is 0.0795. The highest BCUT2D eigenvalue weighted by molar-refractivity contribution is 7.99. The predicted octanol–water partition coefficient (Wildman–Crippen LogP) is 3.21. The fourth-order valence-electron chi connectivity index (χ4n) is 4.53. The van der Waals surface area contributed by atoms with Crippen LogP contribution in [0, 0.1) is 0 Å². The van der Waals surface area contributed by atoms with Crippen LogP contribution in [0.2, 0.25) is 0 Å². The lowest BCUT2D eigenvalue weighted by Gasteiger charge is -2.33. The monoisotopic (exact) mass is 404 g/mol. The van der Waals surface area contributed by atoms with Crippen LogP contribution in [0.4, 0.5) is 0 Å². The van der Waals surface area contributed by atoms with Crippen molar-refractivity contribution >= 4 is 17.7 Å². The molecule has 0 N–H and O–H groups in total. The first kappa shape index (κ1) is 19.9. The van der Waals surface area contributed by atoms with Gasteiger partial charge in [0.05, 0.1) is 0 Å². The maximum absolute atomic E-state index is 12.8. The van der Waals surface area contributed by atoms with Gasteiger partial charge in [-0.1, -0.05) is 12.1 Å². The topological polar surface area (TPSA) is 42.0 Å².